The van der Waals surface area contributed by atoms with Gasteiger partial charge in [-0.2, -0.15) is 5.10 Å². The largest absolute Gasteiger partial charge is 0.325 e. The number of rotatable bonds is 3. The zero-order chi connectivity index (χ0) is 14.5. The lowest BCUT2D eigenvalue weighted by molar-refractivity contribution is 0.0955. The lowest BCUT2D eigenvalue weighted by Crippen LogP contribution is -2.27. The number of nitrogens with one attached hydrogen (secondary N) is 3. The molecule has 2 aromatic rings. The molecule has 0 aliphatic rings. The van der Waals surface area contributed by atoms with Crippen molar-refractivity contribution in [3.05, 3.63) is 62.2 Å². The molecule has 0 bridgehead atoms. The molecule has 8 nitrogen and oxygen atoms in total. The summed E-state index contributed by atoms with van der Waals surface area (Å²) in [7, 11) is 0. The van der Waals surface area contributed by atoms with Crippen LogP contribution < -0.4 is 16.7 Å². The molecule has 0 fully saturated rings. The number of carbonyl (C=O) groups is 1. The monoisotopic (exact) mass is 273 g/mol. The number of aromatic amines is 2. The van der Waals surface area contributed by atoms with E-state index in [0.29, 0.717) is 11.3 Å². The van der Waals surface area contributed by atoms with Crippen LogP contribution in [0, 0.1) is 6.92 Å². The maximum absolute atomic E-state index is 11.7. The van der Waals surface area contributed by atoms with Gasteiger partial charge in [-0.15, -0.1) is 0 Å². The fourth-order valence-electron chi connectivity index (χ4n) is 1.49. The van der Waals surface area contributed by atoms with Gasteiger partial charge in [0.2, 0.25) is 0 Å². The first-order valence-corrected chi connectivity index (χ1v) is 5.64. The van der Waals surface area contributed by atoms with Gasteiger partial charge in [0, 0.05) is 23.7 Å². The molecule has 1 amide bonds. The van der Waals surface area contributed by atoms with Crippen molar-refractivity contribution in [2.45, 2.75) is 6.92 Å². The maximum Gasteiger partial charge on any atom is 0.325 e. The molecule has 3 N–H and O–H groups in total. The highest BCUT2D eigenvalue weighted by molar-refractivity contribution is 5.94. The molecule has 2 aromatic heterocycles. The smallest absolute Gasteiger partial charge is 0.311 e. The minimum Gasteiger partial charge on any atom is -0.311 e. The molecule has 102 valence electrons. The molecule has 20 heavy (non-hydrogen) atoms. The second-order valence-corrected chi connectivity index (χ2v) is 3.88. The SMILES string of the molecule is Cc1[nH]c(=O)[nH]c(=O)c1/C=N/NC(=O)c1ccncc1. The Morgan fingerprint density at radius 2 is 2.00 bits per heavy atom. The van der Waals surface area contributed by atoms with Crippen molar-refractivity contribution in [3.63, 3.8) is 0 Å². The second kappa shape index (κ2) is 5.74. The molecular weight excluding hydrogens is 262 g/mol. The van der Waals surface area contributed by atoms with Crippen LogP contribution >= 0.6 is 0 Å². The lowest BCUT2D eigenvalue weighted by Gasteiger charge is -1.99. The van der Waals surface area contributed by atoms with Gasteiger partial charge >= 0.3 is 5.69 Å². The van der Waals surface area contributed by atoms with Crippen molar-refractivity contribution in [1.82, 2.24) is 20.4 Å². The van der Waals surface area contributed by atoms with E-state index in [1.807, 2.05) is 0 Å². The molecule has 0 aliphatic heterocycles. The van der Waals surface area contributed by atoms with Gasteiger partial charge in [-0.3, -0.25) is 19.6 Å². The molecule has 0 saturated heterocycles. The van der Waals surface area contributed by atoms with Gasteiger partial charge in [0.25, 0.3) is 11.5 Å². The van der Waals surface area contributed by atoms with E-state index >= 15 is 0 Å². The van der Waals surface area contributed by atoms with Crippen LogP contribution in [0.4, 0.5) is 0 Å². The van der Waals surface area contributed by atoms with E-state index in [1.165, 1.54) is 30.7 Å². The number of amides is 1. The predicted molar refractivity (Wildman–Crippen MR) is 71.7 cm³/mol. The van der Waals surface area contributed by atoms with Crippen molar-refractivity contribution in [1.29, 1.82) is 0 Å². The minimum absolute atomic E-state index is 0.166. The lowest BCUT2D eigenvalue weighted by atomic mass is 10.2. The Balaban J connectivity index is 2.14. The van der Waals surface area contributed by atoms with Crippen LogP contribution in [-0.2, 0) is 0 Å². The molecule has 8 heteroatoms. The van der Waals surface area contributed by atoms with Crippen molar-refractivity contribution < 1.29 is 4.79 Å². The number of aromatic nitrogens is 3. The average molecular weight is 273 g/mol. The minimum atomic E-state index is -0.592. The summed E-state index contributed by atoms with van der Waals surface area (Å²) in [4.78, 5) is 42.5. The first-order valence-electron chi connectivity index (χ1n) is 5.64. The average Bonchev–Trinajstić information content (AvgIpc) is 2.42. The van der Waals surface area contributed by atoms with Crippen LogP contribution in [0.2, 0.25) is 0 Å². The highest BCUT2D eigenvalue weighted by Crippen LogP contribution is 1.95. The van der Waals surface area contributed by atoms with Gasteiger partial charge in [-0.25, -0.2) is 10.2 Å². The summed E-state index contributed by atoms with van der Waals surface area (Å²) in [5, 5.41) is 3.68. The maximum atomic E-state index is 11.7. The van der Waals surface area contributed by atoms with E-state index < -0.39 is 17.2 Å². The number of pyridine rings is 1. The van der Waals surface area contributed by atoms with Gasteiger partial charge in [0.15, 0.2) is 0 Å². The molecule has 0 aromatic carbocycles. The van der Waals surface area contributed by atoms with Crippen molar-refractivity contribution in [2.75, 3.05) is 0 Å². The van der Waals surface area contributed by atoms with Gasteiger partial charge < -0.3 is 4.98 Å². The molecular formula is C12H11N5O3. The number of aryl methyl sites for hydroxylation is 1. The van der Waals surface area contributed by atoms with Gasteiger partial charge in [0.1, 0.15) is 0 Å². The zero-order valence-electron chi connectivity index (χ0n) is 10.5. The number of hydrogen-bond acceptors (Lipinski definition) is 5. The van der Waals surface area contributed by atoms with Gasteiger partial charge in [-0.1, -0.05) is 0 Å². The Morgan fingerprint density at radius 3 is 2.65 bits per heavy atom. The zero-order valence-corrected chi connectivity index (χ0v) is 10.5. The number of carbonyl (C=O) groups excluding carboxylic acids is 1. The van der Waals surface area contributed by atoms with Gasteiger partial charge in [-0.05, 0) is 19.1 Å². The van der Waals surface area contributed by atoms with Crippen molar-refractivity contribution >= 4 is 12.1 Å². The van der Waals surface area contributed by atoms with E-state index in [4.69, 9.17) is 0 Å². The van der Waals surface area contributed by atoms with E-state index in [2.05, 4.69) is 25.5 Å². The number of hydrazone groups is 1. The molecule has 0 saturated carbocycles. The van der Waals surface area contributed by atoms with Crippen LogP contribution in [-0.4, -0.2) is 27.1 Å². The Morgan fingerprint density at radius 1 is 1.30 bits per heavy atom. The first kappa shape index (κ1) is 13.4. The fraction of sp³-hybridized carbons (Fsp3) is 0.0833. The summed E-state index contributed by atoms with van der Waals surface area (Å²) in [5.41, 5.74) is 2.03. The summed E-state index contributed by atoms with van der Waals surface area (Å²) < 4.78 is 0. The van der Waals surface area contributed by atoms with Gasteiger partial charge in [0.05, 0.1) is 11.8 Å². The normalized spacial score (nSPS) is 10.7. The third kappa shape index (κ3) is 3.05. The van der Waals surface area contributed by atoms with Crippen LogP contribution in [0.15, 0.2) is 39.2 Å². The van der Waals surface area contributed by atoms with Crippen LogP contribution in [0.1, 0.15) is 21.6 Å². The Labute approximate surface area is 112 Å². The number of hydrogen-bond donors (Lipinski definition) is 3. The standard InChI is InChI=1S/C12H11N5O3/c1-7-9(11(19)16-12(20)15-7)6-14-17-10(18)8-2-4-13-5-3-8/h2-6H,1H3,(H,17,18)(H2,15,16,19,20)/b14-6+. The Kier molecular flexibility index (Phi) is 3.85. The van der Waals surface area contributed by atoms with Crippen molar-refractivity contribution in [3.8, 4) is 0 Å². The Hall–Kier alpha value is -3.03. The number of nitrogens with zero attached hydrogens (tertiary/aromatic N) is 2. The first-order chi connectivity index (χ1) is 9.58. The van der Waals surface area contributed by atoms with Crippen LogP contribution in [0.5, 0.6) is 0 Å². The summed E-state index contributed by atoms with van der Waals surface area (Å²) >= 11 is 0. The highest BCUT2D eigenvalue weighted by Gasteiger charge is 2.04. The number of H-pyrrole nitrogens is 2. The molecule has 0 spiro atoms. The molecule has 2 rings (SSSR count). The van der Waals surface area contributed by atoms with Crippen LogP contribution in [0.25, 0.3) is 0 Å². The van der Waals surface area contributed by atoms with E-state index in [0.717, 1.165) is 0 Å². The summed E-state index contributed by atoms with van der Waals surface area (Å²) in [5.74, 6) is -0.429. The Bertz CT molecular complexity index is 761. The quantitative estimate of drug-likeness (QED) is 0.517. The van der Waals surface area contributed by atoms with E-state index in [-0.39, 0.29) is 5.56 Å². The molecule has 2 heterocycles. The third-order valence-electron chi connectivity index (χ3n) is 2.48. The summed E-state index contributed by atoms with van der Waals surface area (Å²) in [6, 6.07) is 3.06. The third-order valence-corrected chi connectivity index (χ3v) is 2.48. The highest BCUT2D eigenvalue weighted by atomic mass is 16.2. The summed E-state index contributed by atoms with van der Waals surface area (Å²) in [6.07, 6.45) is 4.13. The van der Waals surface area contributed by atoms with E-state index in [9.17, 15) is 14.4 Å². The topological polar surface area (TPSA) is 120 Å². The van der Waals surface area contributed by atoms with E-state index in [1.54, 1.807) is 6.92 Å². The molecule has 0 atom stereocenters. The molecule has 0 aliphatic carbocycles. The van der Waals surface area contributed by atoms with Crippen molar-refractivity contribution in [2.24, 2.45) is 5.10 Å². The fourth-order valence-corrected chi connectivity index (χ4v) is 1.49. The molecule has 0 radical (unpaired) electrons. The summed E-state index contributed by atoms with van der Waals surface area (Å²) in [6.45, 7) is 1.56. The van der Waals surface area contributed by atoms with Crippen LogP contribution in [0.3, 0.4) is 0 Å². The second-order valence-electron chi connectivity index (χ2n) is 3.88. The molecule has 0 unspecified atom stereocenters. The predicted octanol–water partition coefficient (Wildman–Crippen LogP) is -0.469.